The molecule has 0 spiro atoms. The van der Waals surface area contributed by atoms with E-state index in [0.29, 0.717) is 32.0 Å². The summed E-state index contributed by atoms with van der Waals surface area (Å²) in [5.74, 6) is 0.387. The van der Waals surface area contributed by atoms with Crippen LogP contribution in [0.3, 0.4) is 0 Å². The number of nitrogens with one attached hydrogen (secondary N) is 1. The molecule has 0 aromatic rings. The molecule has 0 saturated heterocycles. The number of esters is 1. The van der Waals surface area contributed by atoms with E-state index in [0.717, 1.165) is 12.8 Å². The van der Waals surface area contributed by atoms with Crippen molar-refractivity contribution in [1.82, 2.24) is 5.32 Å². The van der Waals surface area contributed by atoms with Crippen LogP contribution in [0.2, 0.25) is 0 Å². The van der Waals surface area contributed by atoms with E-state index in [1.54, 1.807) is 6.92 Å². The van der Waals surface area contributed by atoms with Crippen LogP contribution in [0.4, 0.5) is 0 Å². The molecular formula is C12H23NO3. The first-order chi connectivity index (χ1) is 7.56. The fourth-order valence-corrected chi connectivity index (χ4v) is 1.14. The molecule has 0 fully saturated rings. The maximum Gasteiger partial charge on any atom is 0.306 e. The van der Waals surface area contributed by atoms with E-state index in [1.165, 1.54) is 0 Å². The van der Waals surface area contributed by atoms with E-state index in [1.807, 2.05) is 6.92 Å². The average molecular weight is 229 g/mol. The summed E-state index contributed by atoms with van der Waals surface area (Å²) in [6.07, 6.45) is 2.24. The van der Waals surface area contributed by atoms with Gasteiger partial charge in [0.15, 0.2) is 0 Å². The number of hydrogen-bond acceptors (Lipinski definition) is 4. The Hall–Kier alpha value is -0.900. The second-order valence-corrected chi connectivity index (χ2v) is 4.17. The molecule has 0 aliphatic heterocycles. The third-order valence-electron chi connectivity index (χ3n) is 2.35. The van der Waals surface area contributed by atoms with Gasteiger partial charge in [0.2, 0.25) is 0 Å². The molecule has 0 aliphatic carbocycles. The molecule has 0 aromatic heterocycles. The summed E-state index contributed by atoms with van der Waals surface area (Å²) < 4.78 is 5.06. The van der Waals surface area contributed by atoms with E-state index >= 15 is 0 Å². The smallest absolute Gasteiger partial charge is 0.306 e. The topological polar surface area (TPSA) is 55.4 Å². The molecule has 0 aliphatic rings. The largest absolute Gasteiger partial charge is 0.466 e. The van der Waals surface area contributed by atoms with Gasteiger partial charge in [-0.3, -0.25) is 9.59 Å². The molecule has 0 bridgehead atoms. The van der Waals surface area contributed by atoms with Gasteiger partial charge in [-0.2, -0.15) is 0 Å². The second kappa shape index (κ2) is 9.33. The fourth-order valence-electron chi connectivity index (χ4n) is 1.14. The van der Waals surface area contributed by atoms with Crippen molar-refractivity contribution >= 4 is 11.8 Å². The Morgan fingerprint density at radius 1 is 1.38 bits per heavy atom. The Morgan fingerprint density at radius 2 is 2.06 bits per heavy atom. The van der Waals surface area contributed by atoms with Gasteiger partial charge in [0.1, 0.15) is 5.78 Å². The molecule has 94 valence electrons. The van der Waals surface area contributed by atoms with Crippen molar-refractivity contribution in [3.05, 3.63) is 0 Å². The van der Waals surface area contributed by atoms with E-state index in [2.05, 4.69) is 12.2 Å². The van der Waals surface area contributed by atoms with Crippen molar-refractivity contribution in [3.63, 3.8) is 0 Å². The van der Waals surface area contributed by atoms with E-state index in [9.17, 15) is 9.59 Å². The summed E-state index contributed by atoms with van der Waals surface area (Å²) in [7, 11) is 0. The highest BCUT2D eigenvalue weighted by molar-refractivity contribution is 5.77. The Labute approximate surface area is 97.7 Å². The van der Waals surface area contributed by atoms with Crippen LogP contribution in [0.15, 0.2) is 0 Å². The molecule has 0 aromatic carbocycles. The number of rotatable bonds is 9. The van der Waals surface area contributed by atoms with Gasteiger partial charge in [0.25, 0.3) is 0 Å². The predicted molar refractivity (Wildman–Crippen MR) is 63.2 cm³/mol. The van der Waals surface area contributed by atoms with Gasteiger partial charge < -0.3 is 10.1 Å². The molecule has 4 heteroatoms. The zero-order valence-corrected chi connectivity index (χ0v) is 10.5. The minimum absolute atomic E-state index is 0.119. The quantitative estimate of drug-likeness (QED) is 0.481. The van der Waals surface area contributed by atoms with Crippen LogP contribution in [0, 0.1) is 5.92 Å². The standard InChI is InChI=1S/C12H23NO3/c1-4-10(2)8-12(15)16-7-5-6-13-9-11(3)14/h10,13H,4-9H2,1-3H3/t10-/m0/s1. The number of ether oxygens (including phenoxy) is 1. The van der Waals surface area contributed by atoms with Gasteiger partial charge in [-0.05, 0) is 25.8 Å². The van der Waals surface area contributed by atoms with Gasteiger partial charge in [-0.15, -0.1) is 0 Å². The summed E-state index contributed by atoms with van der Waals surface area (Å²) in [6, 6.07) is 0. The first kappa shape index (κ1) is 15.1. The van der Waals surface area contributed by atoms with Crippen molar-refractivity contribution in [2.45, 2.75) is 40.0 Å². The molecule has 0 heterocycles. The molecule has 0 saturated carbocycles. The lowest BCUT2D eigenvalue weighted by Gasteiger charge is -2.08. The lowest BCUT2D eigenvalue weighted by atomic mass is 10.1. The normalized spacial score (nSPS) is 12.2. The average Bonchev–Trinajstić information content (AvgIpc) is 2.22. The highest BCUT2D eigenvalue weighted by Gasteiger charge is 2.07. The predicted octanol–water partition coefficient (Wildman–Crippen LogP) is 1.53. The van der Waals surface area contributed by atoms with Crippen LogP contribution >= 0.6 is 0 Å². The number of hydrogen-bond donors (Lipinski definition) is 1. The van der Waals surface area contributed by atoms with E-state index in [4.69, 9.17) is 4.74 Å². The molecule has 4 nitrogen and oxygen atoms in total. The van der Waals surface area contributed by atoms with Crippen LogP contribution in [0.25, 0.3) is 0 Å². The zero-order valence-electron chi connectivity index (χ0n) is 10.5. The molecule has 0 rings (SSSR count). The Kier molecular flexibility index (Phi) is 8.81. The third kappa shape index (κ3) is 9.65. The van der Waals surface area contributed by atoms with Gasteiger partial charge in [0, 0.05) is 6.42 Å². The summed E-state index contributed by atoms with van der Waals surface area (Å²) in [4.78, 5) is 21.8. The zero-order chi connectivity index (χ0) is 12.4. The Balaban J connectivity index is 3.31. The Bertz CT molecular complexity index is 216. The highest BCUT2D eigenvalue weighted by Crippen LogP contribution is 2.07. The van der Waals surface area contributed by atoms with Crippen LogP contribution in [-0.4, -0.2) is 31.4 Å². The van der Waals surface area contributed by atoms with Crippen LogP contribution in [0.1, 0.15) is 40.0 Å². The van der Waals surface area contributed by atoms with Crippen molar-refractivity contribution < 1.29 is 14.3 Å². The minimum Gasteiger partial charge on any atom is -0.466 e. The summed E-state index contributed by atoms with van der Waals surface area (Å²) in [5.41, 5.74) is 0. The molecule has 0 amide bonds. The van der Waals surface area contributed by atoms with Crippen LogP contribution in [0.5, 0.6) is 0 Å². The monoisotopic (exact) mass is 229 g/mol. The van der Waals surface area contributed by atoms with E-state index < -0.39 is 0 Å². The van der Waals surface area contributed by atoms with Gasteiger partial charge in [-0.25, -0.2) is 0 Å². The molecule has 1 N–H and O–H groups in total. The summed E-state index contributed by atoms with van der Waals surface area (Å²) in [6.45, 7) is 7.16. The summed E-state index contributed by atoms with van der Waals surface area (Å²) in [5, 5.41) is 2.97. The lowest BCUT2D eigenvalue weighted by molar-refractivity contribution is -0.144. The fraction of sp³-hybridized carbons (Fsp3) is 0.833. The van der Waals surface area contributed by atoms with Crippen molar-refractivity contribution in [1.29, 1.82) is 0 Å². The van der Waals surface area contributed by atoms with Crippen LogP contribution < -0.4 is 5.32 Å². The summed E-state index contributed by atoms with van der Waals surface area (Å²) >= 11 is 0. The van der Waals surface area contributed by atoms with Crippen LogP contribution in [-0.2, 0) is 14.3 Å². The van der Waals surface area contributed by atoms with E-state index in [-0.39, 0.29) is 11.8 Å². The molecular weight excluding hydrogens is 206 g/mol. The second-order valence-electron chi connectivity index (χ2n) is 4.17. The molecule has 0 radical (unpaired) electrons. The third-order valence-corrected chi connectivity index (χ3v) is 2.35. The van der Waals surface area contributed by atoms with Crippen molar-refractivity contribution in [2.75, 3.05) is 19.7 Å². The lowest BCUT2D eigenvalue weighted by Crippen LogP contribution is -2.23. The van der Waals surface area contributed by atoms with Gasteiger partial charge >= 0.3 is 5.97 Å². The molecule has 16 heavy (non-hydrogen) atoms. The molecule has 1 atom stereocenters. The molecule has 0 unspecified atom stereocenters. The number of Topliss-reactive ketones (excluding diaryl/α,β-unsaturated/α-hetero) is 1. The number of carbonyl (C=O) groups is 2. The van der Waals surface area contributed by atoms with Crippen molar-refractivity contribution in [2.24, 2.45) is 5.92 Å². The highest BCUT2D eigenvalue weighted by atomic mass is 16.5. The number of carbonyl (C=O) groups excluding carboxylic acids is 2. The van der Waals surface area contributed by atoms with Gasteiger partial charge in [0.05, 0.1) is 13.2 Å². The van der Waals surface area contributed by atoms with Gasteiger partial charge in [-0.1, -0.05) is 20.3 Å². The Morgan fingerprint density at radius 3 is 2.62 bits per heavy atom. The maximum atomic E-state index is 11.3. The minimum atomic E-state index is -0.124. The first-order valence-electron chi connectivity index (χ1n) is 5.92. The van der Waals surface area contributed by atoms with Crippen molar-refractivity contribution in [3.8, 4) is 0 Å². The number of ketones is 1. The first-order valence-corrected chi connectivity index (χ1v) is 5.92. The maximum absolute atomic E-state index is 11.3. The SMILES string of the molecule is CC[C@H](C)CC(=O)OCCCNCC(C)=O.